The number of ketones is 2. The molecule has 1 aromatic heterocycles. The number of aryl methyl sites for hydroxylation is 2. The summed E-state index contributed by atoms with van der Waals surface area (Å²) in [6, 6.07) is 18.2. The number of hydrogen-bond acceptors (Lipinski definition) is 3. The van der Waals surface area contributed by atoms with Gasteiger partial charge >= 0.3 is 0 Å². The van der Waals surface area contributed by atoms with Gasteiger partial charge in [-0.05, 0) is 61.6 Å². The van der Waals surface area contributed by atoms with Crippen LogP contribution in [0.4, 0.5) is 0 Å². The maximum Gasteiger partial charge on any atom is 0.206 e. The predicted molar refractivity (Wildman–Crippen MR) is 144 cm³/mol. The monoisotopic (exact) mass is 504 g/mol. The van der Waals surface area contributed by atoms with Gasteiger partial charge in [0.05, 0.1) is 21.3 Å². The van der Waals surface area contributed by atoms with Gasteiger partial charge in [-0.25, -0.2) is 0 Å². The molecule has 0 saturated heterocycles. The van der Waals surface area contributed by atoms with Gasteiger partial charge in [-0.2, -0.15) is 0 Å². The fraction of sp³-hybridized carbons (Fsp3) is 0.207. The van der Waals surface area contributed by atoms with Crippen LogP contribution in [0.2, 0.25) is 10.0 Å². The Kier molecular flexibility index (Phi) is 7.25. The molecule has 4 nitrogen and oxygen atoms in total. The molecule has 0 fully saturated rings. The van der Waals surface area contributed by atoms with Crippen LogP contribution in [0.25, 0.3) is 22.0 Å². The number of fused-ring (bicyclic) bond motifs is 1. The maximum absolute atomic E-state index is 13.1. The number of aromatic nitrogens is 1. The normalized spacial score (nSPS) is 12.0. The van der Waals surface area contributed by atoms with E-state index in [0.717, 1.165) is 33.3 Å². The highest BCUT2D eigenvalue weighted by Gasteiger charge is 2.19. The Morgan fingerprint density at radius 1 is 0.943 bits per heavy atom. The lowest BCUT2D eigenvalue weighted by molar-refractivity contribution is 0.0924. The van der Waals surface area contributed by atoms with Gasteiger partial charge < -0.3 is 10.4 Å². The number of Topliss-reactive ketones (excluding diaryl/α,β-unsaturated/α-hetero) is 2. The van der Waals surface area contributed by atoms with E-state index in [4.69, 9.17) is 28.6 Å². The molecule has 0 amide bonds. The second kappa shape index (κ2) is 10.2. The van der Waals surface area contributed by atoms with E-state index >= 15 is 0 Å². The van der Waals surface area contributed by atoms with E-state index < -0.39 is 0 Å². The third-order valence-corrected chi connectivity index (χ3v) is 7.04. The standard InChI is InChI=1S/C29H26Cl2N2O2/c1-16(7-12-23-18(3)33-27-25(31)14-13-24(30)26(23)27)28(34)20-10-8-19(9-11-20)21-5-4-6-22(15-21)29(35)17(2)32/h4-6,8-11,13-16,32-33H,7,12H2,1-3H3/t16-/m1/s1. The predicted octanol–water partition coefficient (Wildman–Crippen LogP) is 8.12. The SMILES string of the molecule is CC(=N)C(=O)c1cccc(-c2ccc(C(=O)[C@H](C)CCc3c(C)[nH]c4c(Cl)ccc(Cl)c34)cc2)c1. The molecule has 0 aliphatic rings. The number of aromatic amines is 1. The molecule has 35 heavy (non-hydrogen) atoms. The van der Waals surface area contributed by atoms with Gasteiger partial charge in [0.1, 0.15) is 0 Å². The summed E-state index contributed by atoms with van der Waals surface area (Å²) >= 11 is 12.8. The molecule has 4 aromatic rings. The fourth-order valence-electron chi connectivity index (χ4n) is 4.39. The van der Waals surface area contributed by atoms with E-state index in [1.165, 1.54) is 6.92 Å². The summed E-state index contributed by atoms with van der Waals surface area (Å²) in [5, 5.41) is 9.79. The zero-order valence-electron chi connectivity index (χ0n) is 19.8. The van der Waals surface area contributed by atoms with Crippen molar-refractivity contribution >= 4 is 51.4 Å². The molecule has 0 spiro atoms. The second-order valence-electron chi connectivity index (χ2n) is 8.92. The van der Waals surface area contributed by atoms with Crippen LogP contribution < -0.4 is 0 Å². The van der Waals surface area contributed by atoms with E-state index in [0.29, 0.717) is 34.0 Å². The first kappa shape index (κ1) is 24.9. The van der Waals surface area contributed by atoms with Crippen LogP contribution in [-0.2, 0) is 6.42 Å². The van der Waals surface area contributed by atoms with E-state index in [2.05, 4.69) is 4.98 Å². The van der Waals surface area contributed by atoms with Crippen molar-refractivity contribution in [1.82, 2.24) is 4.98 Å². The number of nitrogens with one attached hydrogen (secondary N) is 2. The van der Waals surface area contributed by atoms with Crippen molar-refractivity contribution in [3.63, 3.8) is 0 Å². The highest BCUT2D eigenvalue weighted by Crippen LogP contribution is 2.35. The Morgan fingerprint density at radius 3 is 2.31 bits per heavy atom. The minimum Gasteiger partial charge on any atom is -0.357 e. The van der Waals surface area contributed by atoms with Gasteiger partial charge in [0.25, 0.3) is 0 Å². The molecular formula is C29H26Cl2N2O2. The number of carbonyl (C=O) groups is 2. The third kappa shape index (κ3) is 5.09. The molecule has 0 unspecified atom stereocenters. The molecule has 0 bridgehead atoms. The number of halogens is 2. The van der Waals surface area contributed by atoms with Crippen molar-refractivity contribution < 1.29 is 9.59 Å². The quantitative estimate of drug-likeness (QED) is 0.187. The lowest BCUT2D eigenvalue weighted by atomic mass is 9.91. The topological polar surface area (TPSA) is 73.8 Å². The van der Waals surface area contributed by atoms with Crippen LogP contribution in [0.3, 0.4) is 0 Å². The third-order valence-electron chi connectivity index (χ3n) is 6.41. The van der Waals surface area contributed by atoms with Crippen LogP contribution in [-0.4, -0.2) is 22.3 Å². The summed E-state index contributed by atoms with van der Waals surface area (Å²) in [5.74, 6) is -0.373. The number of H-pyrrole nitrogens is 1. The Morgan fingerprint density at radius 2 is 1.63 bits per heavy atom. The van der Waals surface area contributed by atoms with Gasteiger partial charge in [0.15, 0.2) is 5.78 Å². The summed E-state index contributed by atoms with van der Waals surface area (Å²) < 4.78 is 0. The van der Waals surface area contributed by atoms with E-state index in [1.54, 1.807) is 30.3 Å². The largest absolute Gasteiger partial charge is 0.357 e. The summed E-state index contributed by atoms with van der Waals surface area (Å²) in [6.45, 7) is 5.43. The molecule has 178 valence electrons. The lowest BCUT2D eigenvalue weighted by Gasteiger charge is -2.12. The van der Waals surface area contributed by atoms with Gasteiger partial charge in [-0.3, -0.25) is 9.59 Å². The zero-order chi connectivity index (χ0) is 25.3. The Balaban J connectivity index is 1.48. The zero-order valence-corrected chi connectivity index (χ0v) is 21.3. The number of benzene rings is 3. The van der Waals surface area contributed by atoms with Crippen LogP contribution in [0.5, 0.6) is 0 Å². The van der Waals surface area contributed by atoms with Crippen molar-refractivity contribution in [3.05, 3.63) is 93.1 Å². The first-order valence-electron chi connectivity index (χ1n) is 11.5. The minimum absolute atomic E-state index is 0.00489. The maximum atomic E-state index is 13.1. The van der Waals surface area contributed by atoms with E-state index in [9.17, 15) is 9.59 Å². The molecule has 6 heteroatoms. The Hall–Kier alpha value is -3.21. The van der Waals surface area contributed by atoms with Gasteiger partial charge in [0, 0.05) is 28.1 Å². The molecule has 0 radical (unpaired) electrons. The summed E-state index contributed by atoms with van der Waals surface area (Å²) in [6.07, 6.45) is 1.40. The van der Waals surface area contributed by atoms with Crippen molar-refractivity contribution in [2.45, 2.75) is 33.6 Å². The molecule has 4 rings (SSSR count). The Labute approximate surface area is 214 Å². The molecule has 1 atom stereocenters. The highest BCUT2D eigenvalue weighted by molar-refractivity contribution is 6.44. The van der Waals surface area contributed by atoms with Crippen LogP contribution >= 0.6 is 23.2 Å². The van der Waals surface area contributed by atoms with Crippen molar-refractivity contribution in [1.29, 1.82) is 5.41 Å². The van der Waals surface area contributed by atoms with Gasteiger partial charge in [0.2, 0.25) is 5.78 Å². The molecule has 0 saturated carbocycles. The fourth-order valence-corrected chi connectivity index (χ4v) is 4.87. The average molecular weight is 505 g/mol. The molecule has 0 aliphatic carbocycles. The molecule has 0 aliphatic heterocycles. The van der Waals surface area contributed by atoms with Crippen molar-refractivity contribution in [2.24, 2.45) is 5.92 Å². The minimum atomic E-state index is -0.290. The molecule has 1 heterocycles. The van der Waals surface area contributed by atoms with E-state index in [-0.39, 0.29) is 23.2 Å². The van der Waals surface area contributed by atoms with Crippen molar-refractivity contribution in [3.8, 4) is 11.1 Å². The highest BCUT2D eigenvalue weighted by atomic mass is 35.5. The first-order valence-corrected chi connectivity index (χ1v) is 12.2. The second-order valence-corrected chi connectivity index (χ2v) is 9.74. The van der Waals surface area contributed by atoms with Crippen LogP contribution in [0.15, 0.2) is 60.7 Å². The molecular weight excluding hydrogens is 479 g/mol. The number of rotatable bonds is 8. The summed E-state index contributed by atoms with van der Waals surface area (Å²) in [5.41, 5.74) is 5.86. The summed E-state index contributed by atoms with van der Waals surface area (Å²) in [7, 11) is 0. The average Bonchev–Trinajstić information content (AvgIpc) is 3.21. The van der Waals surface area contributed by atoms with Gasteiger partial charge in [-0.1, -0.05) is 72.6 Å². The Bertz CT molecular complexity index is 1450. The first-order chi connectivity index (χ1) is 16.7. The molecule has 2 N–H and O–H groups in total. The van der Waals surface area contributed by atoms with Crippen LogP contribution in [0, 0.1) is 18.3 Å². The van der Waals surface area contributed by atoms with E-state index in [1.807, 2.05) is 44.2 Å². The van der Waals surface area contributed by atoms with Crippen molar-refractivity contribution in [2.75, 3.05) is 0 Å². The number of carbonyl (C=O) groups excluding carboxylic acids is 2. The number of hydrogen-bond donors (Lipinski definition) is 2. The summed E-state index contributed by atoms with van der Waals surface area (Å²) in [4.78, 5) is 28.6. The lowest BCUT2D eigenvalue weighted by Crippen LogP contribution is -2.12. The van der Waals surface area contributed by atoms with Crippen LogP contribution in [0.1, 0.15) is 52.2 Å². The smallest absolute Gasteiger partial charge is 0.206 e. The van der Waals surface area contributed by atoms with Gasteiger partial charge in [-0.15, -0.1) is 0 Å². The molecule has 3 aromatic carbocycles.